The molecule has 10 atom stereocenters. The summed E-state index contributed by atoms with van der Waals surface area (Å²) in [6, 6.07) is 8.26. The zero-order valence-electron chi connectivity index (χ0n) is 25.4. The highest BCUT2D eigenvalue weighted by Crippen LogP contribution is 2.32. The van der Waals surface area contributed by atoms with Crippen molar-refractivity contribution in [2.24, 2.45) is 0 Å². The molecule has 258 valence electrons. The highest BCUT2D eigenvalue weighted by atomic mass is 16.7. The summed E-state index contributed by atoms with van der Waals surface area (Å²) >= 11 is 0. The van der Waals surface area contributed by atoms with E-state index in [9.17, 15) is 50.4 Å². The van der Waals surface area contributed by atoms with Crippen LogP contribution in [0.3, 0.4) is 0 Å². The quantitative estimate of drug-likeness (QED) is 0.0830. The molecule has 8 N–H and O–H groups in total. The van der Waals surface area contributed by atoms with Crippen LogP contribution in [0.25, 0.3) is 6.08 Å². The Balaban J connectivity index is 1.53. The van der Waals surface area contributed by atoms with Crippen LogP contribution in [-0.4, -0.2) is 128 Å². The van der Waals surface area contributed by atoms with E-state index in [1.807, 2.05) is 0 Å². The lowest BCUT2D eigenvalue weighted by Crippen LogP contribution is -2.65. The molecular weight excluding hydrogens is 628 g/mol. The van der Waals surface area contributed by atoms with Crippen LogP contribution in [-0.2, 0) is 39.7 Å². The Morgan fingerprint density at radius 2 is 1.55 bits per heavy atom. The molecule has 0 saturated carbocycles. The van der Waals surface area contributed by atoms with Gasteiger partial charge in [0.1, 0.15) is 36.6 Å². The van der Waals surface area contributed by atoms with E-state index in [4.69, 9.17) is 28.4 Å². The molecule has 0 bridgehead atoms. The molecule has 0 spiro atoms. The van der Waals surface area contributed by atoms with Gasteiger partial charge in [-0.15, -0.1) is 0 Å². The average Bonchev–Trinajstić information content (AvgIpc) is 3.05. The topological polar surface area (TPSA) is 251 Å². The minimum atomic E-state index is -1.90. The normalized spacial score (nSPS) is 31.0. The first-order valence-electron chi connectivity index (χ1n) is 14.6. The maximum atomic E-state index is 12.9. The second kappa shape index (κ2) is 15.7. The number of hydrogen-bond donors (Lipinski definition) is 8. The number of rotatable bonds is 11. The molecule has 0 aliphatic carbocycles. The fourth-order valence-corrected chi connectivity index (χ4v) is 5.01. The van der Waals surface area contributed by atoms with Gasteiger partial charge in [0.2, 0.25) is 6.29 Å². The summed E-state index contributed by atoms with van der Waals surface area (Å²) in [4.78, 5) is 25.6. The largest absolute Gasteiger partial charge is 0.504 e. The number of methoxy groups -OCH3 is 1. The van der Waals surface area contributed by atoms with Crippen molar-refractivity contribution in [3.8, 4) is 23.0 Å². The highest BCUT2D eigenvalue weighted by molar-refractivity contribution is 5.87. The minimum Gasteiger partial charge on any atom is -0.504 e. The molecule has 0 aromatic heterocycles. The SMILES string of the molecule is COc1cc(C=CC(=O)O[C@H]2[C@H](O[C@@H]3O[C@@H](C)[C@H](O)[C@@H](O)[C@H]3O)[C@@H](O)[C@H](OC(=O)CCc3ccc(O)c(O)c3)O[C@@H]2CO)ccc1O. The van der Waals surface area contributed by atoms with Crippen LogP contribution in [0.15, 0.2) is 42.5 Å². The molecule has 2 aromatic carbocycles. The Morgan fingerprint density at radius 1 is 0.830 bits per heavy atom. The lowest BCUT2D eigenvalue weighted by molar-refractivity contribution is -0.353. The van der Waals surface area contributed by atoms with Crippen LogP contribution >= 0.6 is 0 Å². The molecule has 2 aromatic rings. The first-order valence-corrected chi connectivity index (χ1v) is 14.6. The van der Waals surface area contributed by atoms with Crippen LogP contribution < -0.4 is 4.74 Å². The average molecular weight is 667 g/mol. The molecular formula is C31H38O16. The lowest BCUT2D eigenvalue weighted by Gasteiger charge is -2.46. The summed E-state index contributed by atoms with van der Waals surface area (Å²) in [5, 5.41) is 81.3. The van der Waals surface area contributed by atoms with Crippen LogP contribution in [0.4, 0.5) is 0 Å². The van der Waals surface area contributed by atoms with Crippen molar-refractivity contribution in [1.29, 1.82) is 0 Å². The minimum absolute atomic E-state index is 0.0680. The van der Waals surface area contributed by atoms with Gasteiger partial charge in [-0.3, -0.25) is 4.79 Å². The number of carbonyl (C=O) groups excluding carboxylic acids is 2. The zero-order chi connectivity index (χ0) is 34.4. The van der Waals surface area contributed by atoms with Gasteiger partial charge in [0.25, 0.3) is 0 Å². The number of aliphatic hydroxyl groups is 5. The van der Waals surface area contributed by atoms with Gasteiger partial charge in [-0.25, -0.2) is 4.79 Å². The third-order valence-electron chi connectivity index (χ3n) is 7.67. The molecule has 0 radical (unpaired) electrons. The fraction of sp³-hybridized carbons (Fsp3) is 0.484. The Kier molecular flexibility index (Phi) is 12.0. The summed E-state index contributed by atoms with van der Waals surface area (Å²) in [6.07, 6.45) is -14.0. The van der Waals surface area contributed by atoms with Crippen molar-refractivity contribution in [2.45, 2.75) is 81.2 Å². The van der Waals surface area contributed by atoms with E-state index in [0.29, 0.717) is 11.1 Å². The Bertz CT molecular complexity index is 1410. The van der Waals surface area contributed by atoms with Crippen molar-refractivity contribution in [1.82, 2.24) is 0 Å². The van der Waals surface area contributed by atoms with Crippen LogP contribution in [0.1, 0.15) is 24.5 Å². The summed E-state index contributed by atoms with van der Waals surface area (Å²) in [5.74, 6) is -2.57. The van der Waals surface area contributed by atoms with Gasteiger partial charge in [-0.05, 0) is 54.8 Å². The van der Waals surface area contributed by atoms with Crippen LogP contribution in [0.5, 0.6) is 23.0 Å². The standard InChI is InChI=1S/C31H38O16/c1-14-24(38)25(39)26(40)30(43-14)47-29-27(41)31(46-23(37)10-5-15-3-7-17(33)19(35)11-15)44-21(13-32)28(29)45-22(36)9-6-16-4-8-18(34)20(12-16)42-2/h3-4,6-9,11-12,14,21,24-35,38-41H,5,10,13H2,1-2H3/t14-,21+,24-,25+,26+,27+,28+,29+,30-,31-/m0/s1. The first kappa shape index (κ1) is 35.8. The predicted octanol–water partition coefficient (Wildman–Crippen LogP) is -0.796. The molecule has 16 heteroatoms. The number of phenols is 3. The van der Waals surface area contributed by atoms with Gasteiger partial charge in [0.05, 0.1) is 19.8 Å². The number of benzene rings is 2. The van der Waals surface area contributed by atoms with Gasteiger partial charge < -0.3 is 69.3 Å². The zero-order valence-corrected chi connectivity index (χ0v) is 25.4. The summed E-state index contributed by atoms with van der Waals surface area (Å²) in [5.41, 5.74) is 0.929. The smallest absolute Gasteiger partial charge is 0.331 e. The third kappa shape index (κ3) is 8.68. The molecule has 2 aliphatic heterocycles. The van der Waals surface area contributed by atoms with E-state index in [2.05, 4.69) is 0 Å². The van der Waals surface area contributed by atoms with Gasteiger partial charge in [-0.1, -0.05) is 12.1 Å². The molecule has 16 nitrogen and oxygen atoms in total. The third-order valence-corrected chi connectivity index (χ3v) is 7.67. The number of phenolic OH excluding ortho intramolecular Hbond substituents is 3. The maximum absolute atomic E-state index is 12.9. The molecule has 2 saturated heterocycles. The summed E-state index contributed by atoms with van der Waals surface area (Å²) in [7, 11) is 1.35. The molecule has 2 aliphatic rings. The van der Waals surface area contributed by atoms with Crippen molar-refractivity contribution >= 4 is 18.0 Å². The van der Waals surface area contributed by atoms with E-state index in [1.165, 1.54) is 56.5 Å². The van der Waals surface area contributed by atoms with Gasteiger partial charge >= 0.3 is 11.9 Å². The Morgan fingerprint density at radius 3 is 2.23 bits per heavy atom. The Hall–Kier alpha value is -4.00. The van der Waals surface area contributed by atoms with E-state index in [0.717, 1.165) is 6.08 Å². The monoisotopic (exact) mass is 666 g/mol. The number of hydrogen-bond acceptors (Lipinski definition) is 16. The van der Waals surface area contributed by atoms with E-state index < -0.39 is 80.0 Å². The number of aliphatic hydroxyl groups excluding tert-OH is 5. The number of esters is 2. The van der Waals surface area contributed by atoms with Crippen LogP contribution in [0, 0.1) is 0 Å². The molecule has 0 unspecified atom stereocenters. The molecule has 4 rings (SSSR count). The maximum Gasteiger partial charge on any atom is 0.331 e. The van der Waals surface area contributed by atoms with Gasteiger partial charge in [0.15, 0.2) is 35.4 Å². The van der Waals surface area contributed by atoms with Gasteiger partial charge in [-0.2, -0.15) is 0 Å². The van der Waals surface area contributed by atoms with Crippen molar-refractivity contribution in [2.75, 3.05) is 13.7 Å². The van der Waals surface area contributed by atoms with E-state index >= 15 is 0 Å². The van der Waals surface area contributed by atoms with E-state index in [1.54, 1.807) is 0 Å². The first-order chi connectivity index (χ1) is 22.3. The lowest BCUT2D eigenvalue weighted by atomic mass is 9.97. The van der Waals surface area contributed by atoms with Crippen molar-refractivity contribution in [3.05, 3.63) is 53.6 Å². The predicted molar refractivity (Wildman–Crippen MR) is 157 cm³/mol. The van der Waals surface area contributed by atoms with Gasteiger partial charge in [0, 0.05) is 12.5 Å². The number of aryl methyl sites for hydroxylation is 1. The van der Waals surface area contributed by atoms with Crippen molar-refractivity contribution in [3.63, 3.8) is 0 Å². The Labute approximate surface area is 268 Å². The molecule has 0 amide bonds. The van der Waals surface area contributed by atoms with Crippen LogP contribution in [0.2, 0.25) is 0 Å². The summed E-state index contributed by atoms with van der Waals surface area (Å²) < 4.78 is 32.7. The second-order valence-electron chi connectivity index (χ2n) is 11.0. The van der Waals surface area contributed by atoms with Crippen molar-refractivity contribution < 1.29 is 78.9 Å². The fourth-order valence-electron chi connectivity index (χ4n) is 5.01. The number of ether oxygens (including phenoxy) is 6. The molecule has 2 fully saturated rings. The second-order valence-corrected chi connectivity index (χ2v) is 11.0. The number of aromatic hydroxyl groups is 3. The molecule has 2 heterocycles. The number of carbonyl (C=O) groups is 2. The van der Waals surface area contributed by atoms with E-state index in [-0.39, 0.29) is 35.8 Å². The highest BCUT2D eigenvalue weighted by Gasteiger charge is 2.53. The summed E-state index contributed by atoms with van der Waals surface area (Å²) in [6.45, 7) is 0.572. The molecule has 47 heavy (non-hydrogen) atoms.